The summed E-state index contributed by atoms with van der Waals surface area (Å²) >= 11 is 0. The second-order valence-corrected chi connectivity index (χ2v) is 18.6. The van der Waals surface area contributed by atoms with Crippen molar-refractivity contribution < 1.29 is 38.4 Å². The largest absolute Gasteiger partial charge is 0.370 e. The summed E-state index contributed by atoms with van der Waals surface area (Å²) in [6.45, 7) is 4.85. The maximum atomic E-state index is 14.5. The molecular formula is C47H91N21O8. The van der Waals surface area contributed by atoms with E-state index >= 15 is 0 Å². The van der Waals surface area contributed by atoms with Crippen LogP contribution in [0.1, 0.15) is 123 Å². The molecule has 1 heterocycles. The lowest BCUT2D eigenvalue weighted by Gasteiger charge is -2.28. The molecule has 7 amide bonds. The van der Waals surface area contributed by atoms with Crippen LogP contribution in [-0.2, 0) is 38.4 Å². The Morgan fingerprint density at radius 3 is 0.961 bits per heavy atom. The average Bonchev–Trinajstić information content (AvgIpc) is 3.36. The first-order valence-corrected chi connectivity index (χ1v) is 26.3. The topological polar surface area (TPSA) is 502 Å². The Kier molecular flexibility index (Phi) is 33.9. The highest BCUT2D eigenvalue weighted by Gasteiger charge is 2.35. The normalized spacial score (nSPS) is 22.7. The zero-order chi connectivity index (χ0) is 57.0. The molecule has 0 aliphatic carbocycles. The summed E-state index contributed by atoms with van der Waals surface area (Å²) in [6, 6.07) is -8.75. The minimum Gasteiger partial charge on any atom is -0.370 e. The molecule has 25 N–H and O–H groups in total. The number of carbonyl (C=O) groups is 8. The second-order valence-electron chi connectivity index (χ2n) is 18.6. The Bertz CT molecular complexity index is 1820. The molecule has 0 bridgehead atoms. The number of nitrogens with two attached hydrogens (primary N) is 8. The molecule has 1 rings (SSSR count). The molecule has 0 spiro atoms. The van der Waals surface area contributed by atoms with E-state index < -0.39 is 95.3 Å². The molecule has 0 aromatic carbocycles. The number of hydrogen-bond acceptors (Lipinski definition) is 14. The summed E-state index contributed by atoms with van der Waals surface area (Å²) in [6.07, 6.45) is 3.08. The minimum absolute atomic E-state index is 0.0117. The fraction of sp³-hybridized carbons (Fsp3) is 0.745. The number of amides is 7. The van der Waals surface area contributed by atoms with Gasteiger partial charge in [-0.1, -0.05) is 20.3 Å². The molecule has 1 saturated heterocycles. The molecule has 29 heteroatoms. The van der Waals surface area contributed by atoms with Gasteiger partial charge in [-0.2, -0.15) is 0 Å². The van der Waals surface area contributed by atoms with E-state index in [2.05, 4.69) is 67.8 Å². The number of nitrogens with one attached hydrogen (secondary N) is 9. The summed E-state index contributed by atoms with van der Waals surface area (Å²) in [5, 5.41) is 25.4. The van der Waals surface area contributed by atoms with Gasteiger partial charge in [0.25, 0.3) is 0 Å². The van der Waals surface area contributed by atoms with Crippen LogP contribution in [0.5, 0.6) is 0 Å². The second kappa shape index (κ2) is 38.5. The highest BCUT2D eigenvalue weighted by atomic mass is 16.2. The van der Waals surface area contributed by atoms with E-state index in [1.807, 2.05) is 0 Å². The van der Waals surface area contributed by atoms with Gasteiger partial charge in [-0.3, -0.25) is 58.3 Å². The molecule has 0 radical (unpaired) electrons. The molecule has 29 nitrogen and oxygen atoms in total. The summed E-state index contributed by atoms with van der Waals surface area (Å²) in [7, 11) is 3.54. The highest BCUT2D eigenvalue weighted by molar-refractivity contribution is 5.99. The van der Waals surface area contributed by atoms with Crippen molar-refractivity contribution in [3.63, 3.8) is 0 Å². The summed E-state index contributed by atoms with van der Waals surface area (Å²) < 4.78 is 0. The molecule has 0 saturated carbocycles. The highest BCUT2D eigenvalue weighted by Crippen LogP contribution is 2.18. The lowest BCUT2D eigenvalue weighted by molar-refractivity contribution is -0.137. The number of rotatable bonds is 28. The van der Waals surface area contributed by atoms with Crippen molar-refractivity contribution in [3.05, 3.63) is 0 Å². The lowest BCUT2D eigenvalue weighted by Crippen LogP contribution is -2.60. The Morgan fingerprint density at radius 1 is 0.382 bits per heavy atom. The number of carbonyl (C=O) groups excluding carboxylic acids is 8. The van der Waals surface area contributed by atoms with Gasteiger partial charge in [0.2, 0.25) is 41.4 Å². The molecule has 1 aliphatic rings. The smallest absolute Gasteiger partial charge is 0.243 e. The zero-order valence-electron chi connectivity index (χ0n) is 45.1. The quantitative estimate of drug-likeness (QED) is 0.0198. The fourth-order valence-corrected chi connectivity index (χ4v) is 8.09. The van der Waals surface area contributed by atoms with Crippen LogP contribution in [0.25, 0.3) is 0 Å². The Morgan fingerprint density at radius 2 is 0.645 bits per heavy atom. The fourth-order valence-electron chi connectivity index (χ4n) is 8.09. The van der Waals surface area contributed by atoms with E-state index in [-0.39, 0.29) is 133 Å². The Balaban J connectivity index is 4.11. The lowest BCUT2D eigenvalue weighted by atomic mass is 9.90. The van der Waals surface area contributed by atoms with Gasteiger partial charge < -0.3 is 93.7 Å². The van der Waals surface area contributed by atoms with Gasteiger partial charge in [-0.25, -0.2) is 0 Å². The third-order valence-electron chi connectivity index (χ3n) is 12.3. The van der Waals surface area contributed by atoms with E-state index in [9.17, 15) is 38.4 Å². The van der Waals surface area contributed by atoms with Crippen LogP contribution in [-0.4, -0.2) is 167 Å². The monoisotopic (exact) mass is 1080 g/mol. The van der Waals surface area contributed by atoms with Crippen LogP contribution in [0.4, 0.5) is 0 Å². The van der Waals surface area contributed by atoms with Gasteiger partial charge in [0, 0.05) is 38.5 Å². The van der Waals surface area contributed by atoms with Gasteiger partial charge in [0.1, 0.15) is 36.3 Å². The van der Waals surface area contributed by atoms with Crippen molar-refractivity contribution in [3.8, 4) is 0 Å². The summed E-state index contributed by atoms with van der Waals surface area (Å²) in [5.41, 5.74) is 44.4. The number of aliphatic imine (C=N–C) groups is 4. The molecular weight excluding hydrogens is 987 g/mol. The van der Waals surface area contributed by atoms with Crippen LogP contribution >= 0.6 is 0 Å². The van der Waals surface area contributed by atoms with E-state index in [0.29, 0.717) is 38.8 Å². The maximum Gasteiger partial charge on any atom is 0.243 e. The third-order valence-corrected chi connectivity index (χ3v) is 12.3. The van der Waals surface area contributed by atoms with Crippen LogP contribution in [0.2, 0.25) is 0 Å². The van der Waals surface area contributed by atoms with Gasteiger partial charge in [0.15, 0.2) is 29.6 Å². The molecule has 1 aliphatic heterocycles. The molecule has 8 atom stereocenters. The first kappa shape index (κ1) is 67.0. The van der Waals surface area contributed by atoms with Gasteiger partial charge in [-0.15, -0.1) is 0 Å². The van der Waals surface area contributed by atoms with Gasteiger partial charge in [0.05, 0.1) is 6.04 Å². The molecule has 76 heavy (non-hydrogen) atoms. The van der Waals surface area contributed by atoms with Crippen molar-refractivity contribution >= 4 is 71.0 Å². The van der Waals surface area contributed by atoms with E-state index in [4.69, 9.17) is 45.9 Å². The maximum absolute atomic E-state index is 14.5. The summed E-state index contributed by atoms with van der Waals surface area (Å²) in [5.74, 6) is -7.37. The number of Topliss-reactive ketones (excluding diaryl/α,β-unsaturated/α-hetero) is 1. The van der Waals surface area contributed by atoms with E-state index in [1.54, 1.807) is 27.9 Å². The van der Waals surface area contributed by atoms with E-state index in [1.165, 1.54) is 0 Å². The predicted molar refractivity (Wildman–Crippen MR) is 292 cm³/mol. The average molecular weight is 1080 g/mol. The number of guanidine groups is 4. The molecule has 8 unspecified atom stereocenters. The first-order valence-electron chi connectivity index (χ1n) is 26.3. The van der Waals surface area contributed by atoms with Crippen molar-refractivity contribution in [2.75, 3.05) is 53.4 Å². The van der Waals surface area contributed by atoms with Gasteiger partial charge in [-0.05, 0) is 123 Å². The number of ketones is 1. The molecule has 1 fully saturated rings. The summed E-state index contributed by atoms with van der Waals surface area (Å²) in [4.78, 5) is 131. The standard InChI is InChI=1S/C47H91N21O8/c1-5-29-38(71)66-34(19-13-25-60-46(52)53)42(75)68-35(20-14-26-61-47(54)55)43(76)67-32(16-8-10-22-57-4)40(73)63-30(6-2)39(72)65-33(18-12-24-59-45(50)51)41(74)64-31(17-11-23-58-44(48)49)36(69)27-28(37(70)62-29)15-7-9-21-56-3/h28-35,56-57H,5-27H2,1-4H3,(H,62,70)(H,63,73)(H,64,74)(H,65,72)(H,66,71)(H,67,76)(H,68,75)(H4,48,49,58)(H4,50,51,59)(H4,52,53,60)(H4,54,55,61). The van der Waals surface area contributed by atoms with E-state index in [0.717, 1.165) is 0 Å². The van der Waals surface area contributed by atoms with Crippen LogP contribution in [0.3, 0.4) is 0 Å². The zero-order valence-corrected chi connectivity index (χ0v) is 45.1. The number of unbranched alkanes of at least 4 members (excludes halogenated alkanes) is 2. The third kappa shape index (κ3) is 28.6. The number of hydrogen-bond donors (Lipinski definition) is 17. The van der Waals surface area contributed by atoms with Crippen molar-refractivity contribution in [2.45, 2.75) is 165 Å². The van der Waals surface area contributed by atoms with Crippen LogP contribution < -0.4 is 93.7 Å². The SMILES string of the molecule is CCC1NC(=O)C(CCCCNC)CC(=O)C(CCCN=C(N)N)NC(=O)C(CCCN=C(N)N)NC(=O)C(CC)NC(=O)C(CCCCNC)NC(=O)C(CCCN=C(N)N)NC(=O)C(CCCN=C(N)N)NC1=O. The van der Waals surface area contributed by atoms with Crippen molar-refractivity contribution in [2.24, 2.45) is 71.8 Å². The Labute approximate surface area is 446 Å². The Hall–Kier alpha value is -7.04. The minimum atomic E-state index is -1.31. The molecule has 432 valence electrons. The van der Waals surface area contributed by atoms with Crippen LogP contribution in [0.15, 0.2) is 20.0 Å². The van der Waals surface area contributed by atoms with Gasteiger partial charge >= 0.3 is 0 Å². The van der Waals surface area contributed by atoms with Crippen molar-refractivity contribution in [1.29, 1.82) is 0 Å². The van der Waals surface area contributed by atoms with Crippen molar-refractivity contribution in [1.82, 2.24) is 47.9 Å². The number of nitrogens with zero attached hydrogens (tertiary/aromatic N) is 4. The predicted octanol–water partition coefficient (Wildman–Crippen LogP) is -5.22. The molecule has 0 aromatic rings. The molecule has 0 aromatic heterocycles. The van der Waals surface area contributed by atoms with Crippen LogP contribution in [0, 0.1) is 5.92 Å². The first-order chi connectivity index (χ1) is 36.2.